The number of aliphatic hydroxyl groups is 1. The molecular weight excluding hydrogens is 462 g/mol. The maximum absolute atomic E-state index is 13.1. The van der Waals surface area contributed by atoms with Crippen LogP contribution < -0.4 is 11.5 Å². The molecule has 5 N–H and O–H groups in total. The molecule has 1 amide bonds. The molecule has 8 nitrogen and oxygen atoms in total. The van der Waals surface area contributed by atoms with Crippen molar-refractivity contribution in [3.8, 4) is 11.1 Å². The fraction of sp³-hybridized carbons (Fsp3) is 0.385. The second kappa shape index (κ2) is 11.8. The lowest BCUT2D eigenvalue weighted by Crippen LogP contribution is -2.45. The number of hydrogen-bond donors (Lipinski definition) is 3. The molecule has 4 rings (SSSR count). The Morgan fingerprint density at radius 1 is 1.26 bits per heavy atom. The standard InChI is InChI=1S/C26H33N5O3S/c1-2-8-31(34-10-9-32)26(33)22-11-21-7-6-20(13-24(21)29-25(28)14-22)19-4-3-5-23(12-19)35-30-16-18(15-27)17-30/h3-7,11-13,18,32H,2,8-10,14-17,27H2,1H3,(H2,28,29). The van der Waals surface area contributed by atoms with Crippen molar-refractivity contribution < 1.29 is 14.7 Å². The molecule has 1 fully saturated rings. The Morgan fingerprint density at radius 2 is 2.06 bits per heavy atom. The van der Waals surface area contributed by atoms with Crippen LogP contribution in [0.1, 0.15) is 25.3 Å². The van der Waals surface area contributed by atoms with Crippen molar-refractivity contribution in [2.24, 2.45) is 22.4 Å². The van der Waals surface area contributed by atoms with Crippen molar-refractivity contribution >= 4 is 35.5 Å². The minimum Gasteiger partial charge on any atom is -0.394 e. The minimum absolute atomic E-state index is 0.0608. The van der Waals surface area contributed by atoms with Crippen molar-refractivity contribution in [2.45, 2.75) is 24.7 Å². The lowest BCUT2D eigenvalue weighted by molar-refractivity contribution is -0.185. The van der Waals surface area contributed by atoms with E-state index in [1.165, 1.54) is 9.96 Å². The molecule has 2 aliphatic rings. The van der Waals surface area contributed by atoms with E-state index in [1.54, 1.807) is 11.9 Å². The van der Waals surface area contributed by atoms with E-state index in [-0.39, 0.29) is 25.5 Å². The number of amides is 1. The number of aliphatic hydroxyl groups excluding tert-OH is 1. The summed E-state index contributed by atoms with van der Waals surface area (Å²) < 4.78 is 2.33. The molecule has 0 unspecified atom stereocenters. The topological polar surface area (TPSA) is 117 Å². The second-order valence-electron chi connectivity index (χ2n) is 8.75. The zero-order chi connectivity index (χ0) is 24.8. The van der Waals surface area contributed by atoms with E-state index >= 15 is 0 Å². The Labute approximate surface area is 210 Å². The second-order valence-corrected chi connectivity index (χ2v) is 9.93. The number of benzene rings is 2. The SMILES string of the molecule is CCCN(OCCO)C(=O)C1=Cc2ccc(-c3cccc(SN4CC(CN)C4)c3)cc2N=C(N)C1. The summed E-state index contributed by atoms with van der Waals surface area (Å²) >= 11 is 1.76. The fourth-order valence-electron chi connectivity index (χ4n) is 4.07. The average Bonchev–Trinajstić information content (AvgIpc) is 3.00. The first-order valence-electron chi connectivity index (χ1n) is 12.0. The summed E-state index contributed by atoms with van der Waals surface area (Å²) in [6, 6.07) is 14.5. The molecule has 9 heteroatoms. The van der Waals surface area contributed by atoms with Gasteiger partial charge in [0, 0.05) is 42.1 Å². The summed E-state index contributed by atoms with van der Waals surface area (Å²) in [7, 11) is 0. The summed E-state index contributed by atoms with van der Waals surface area (Å²) in [5.74, 6) is 0.706. The van der Waals surface area contributed by atoms with Crippen LogP contribution in [0.15, 0.2) is 57.9 Å². The van der Waals surface area contributed by atoms with Crippen LogP contribution in [-0.4, -0.2) is 65.6 Å². The van der Waals surface area contributed by atoms with Gasteiger partial charge in [-0.1, -0.05) is 31.2 Å². The average molecular weight is 496 g/mol. The summed E-state index contributed by atoms with van der Waals surface area (Å²) in [6.45, 7) is 5.07. The fourth-order valence-corrected chi connectivity index (χ4v) is 5.26. The molecular formula is C26H33N5O3S. The number of rotatable bonds is 10. The van der Waals surface area contributed by atoms with Gasteiger partial charge in [-0.05, 0) is 66.2 Å². The van der Waals surface area contributed by atoms with E-state index in [0.717, 1.165) is 48.4 Å². The van der Waals surface area contributed by atoms with Crippen molar-refractivity contribution in [3.05, 3.63) is 53.6 Å². The van der Waals surface area contributed by atoms with E-state index in [1.807, 2.05) is 31.2 Å². The molecule has 2 aromatic rings. The Balaban J connectivity index is 1.56. The number of nitrogens with zero attached hydrogens (tertiary/aromatic N) is 3. The van der Waals surface area contributed by atoms with Gasteiger partial charge < -0.3 is 16.6 Å². The van der Waals surface area contributed by atoms with Gasteiger partial charge in [-0.25, -0.2) is 14.4 Å². The highest BCUT2D eigenvalue weighted by atomic mass is 32.2. The van der Waals surface area contributed by atoms with Gasteiger partial charge in [0.05, 0.1) is 18.9 Å². The molecule has 2 aliphatic heterocycles. The van der Waals surface area contributed by atoms with E-state index in [4.69, 9.17) is 21.4 Å². The highest BCUT2D eigenvalue weighted by molar-refractivity contribution is 7.97. The summed E-state index contributed by atoms with van der Waals surface area (Å²) in [6.07, 6.45) is 2.80. The van der Waals surface area contributed by atoms with E-state index in [9.17, 15) is 4.79 Å². The monoisotopic (exact) mass is 495 g/mol. The lowest BCUT2D eigenvalue weighted by atomic mass is 10.0. The number of aliphatic imine (C=N–C) groups is 1. The van der Waals surface area contributed by atoms with Crippen LogP contribution in [-0.2, 0) is 9.63 Å². The first-order valence-corrected chi connectivity index (χ1v) is 12.7. The Morgan fingerprint density at radius 3 is 2.80 bits per heavy atom. The Hall–Kier alpha value is -2.69. The van der Waals surface area contributed by atoms with Crippen LogP contribution in [0.3, 0.4) is 0 Å². The minimum atomic E-state index is -0.261. The third-order valence-electron chi connectivity index (χ3n) is 5.92. The number of hydrogen-bond acceptors (Lipinski definition) is 8. The predicted octanol–water partition coefficient (Wildman–Crippen LogP) is 3.19. The van der Waals surface area contributed by atoms with Crippen molar-refractivity contribution in [3.63, 3.8) is 0 Å². The van der Waals surface area contributed by atoms with Gasteiger partial charge in [-0.15, -0.1) is 0 Å². The maximum Gasteiger partial charge on any atom is 0.273 e. The van der Waals surface area contributed by atoms with Gasteiger partial charge in [0.2, 0.25) is 0 Å². The summed E-state index contributed by atoms with van der Waals surface area (Å²) in [5, 5.41) is 10.4. The summed E-state index contributed by atoms with van der Waals surface area (Å²) in [5.41, 5.74) is 16.1. The van der Waals surface area contributed by atoms with Gasteiger partial charge in [-0.3, -0.25) is 9.63 Å². The number of nitrogens with two attached hydrogens (primary N) is 2. The van der Waals surface area contributed by atoms with Gasteiger partial charge in [0.15, 0.2) is 0 Å². The van der Waals surface area contributed by atoms with E-state index in [2.05, 4.69) is 33.6 Å². The quantitative estimate of drug-likeness (QED) is 0.342. The molecule has 0 saturated carbocycles. The third-order valence-corrected chi connectivity index (χ3v) is 6.94. The van der Waals surface area contributed by atoms with Gasteiger partial charge >= 0.3 is 0 Å². The molecule has 1 saturated heterocycles. The lowest BCUT2D eigenvalue weighted by Gasteiger charge is -2.37. The largest absolute Gasteiger partial charge is 0.394 e. The van der Waals surface area contributed by atoms with Crippen LogP contribution in [0.25, 0.3) is 17.2 Å². The normalized spacial score (nSPS) is 16.1. The number of carbonyl (C=O) groups is 1. The first kappa shape index (κ1) is 25.4. The highest BCUT2D eigenvalue weighted by Gasteiger charge is 2.26. The molecule has 0 atom stereocenters. The molecule has 0 aliphatic carbocycles. The molecule has 186 valence electrons. The molecule has 2 aromatic carbocycles. The van der Waals surface area contributed by atoms with E-state index in [0.29, 0.717) is 23.9 Å². The van der Waals surface area contributed by atoms with Crippen molar-refractivity contribution in [1.82, 2.24) is 9.37 Å². The van der Waals surface area contributed by atoms with Crippen LogP contribution in [0, 0.1) is 5.92 Å². The molecule has 0 radical (unpaired) electrons. The predicted molar refractivity (Wildman–Crippen MR) is 141 cm³/mol. The number of carbonyl (C=O) groups excluding carboxylic acids is 1. The maximum atomic E-state index is 13.1. The highest BCUT2D eigenvalue weighted by Crippen LogP contribution is 2.35. The molecule has 0 spiro atoms. The van der Waals surface area contributed by atoms with Crippen LogP contribution in [0.4, 0.5) is 5.69 Å². The van der Waals surface area contributed by atoms with Gasteiger partial charge in [-0.2, -0.15) is 0 Å². The number of fused-ring (bicyclic) bond motifs is 1. The van der Waals surface area contributed by atoms with Crippen LogP contribution >= 0.6 is 11.9 Å². The van der Waals surface area contributed by atoms with Gasteiger partial charge in [0.25, 0.3) is 5.91 Å². The number of amidine groups is 1. The molecule has 35 heavy (non-hydrogen) atoms. The van der Waals surface area contributed by atoms with Gasteiger partial charge in [0.1, 0.15) is 5.84 Å². The smallest absolute Gasteiger partial charge is 0.273 e. The van der Waals surface area contributed by atoms with Crippen LogP contribution in [0.5, 0.6) is 0 Å². The first-order chi connectivity index (χ1) is 17.0. The molecule has 0 bridgehead atoms. The molecule has 0 aromatic heterocycles. The zero-order valence-electron chi connectivity index (χ0n) is 20.0. The van der Waals surface area contributed by atoms with Crippen LogP contribution in [0.2, 0.25) is 0 Å². The van der Waals surface area contributed by atoms with E-state index < -0.39 is 0 Å². The van der Waals surface area contributed by atoms with Crippen molar-refractivity contribution in [1.29, 1.82) is 0 Å². The Kier molecular flexibility index (Phi) is 8.59. The molecule has 2 heterocycles. The van der Waals surface area contributed by atoms with Crippen molar-refractivity contribution in [2.75, 3.05) is 39.4 Å². The number of hydroxylamine groups is 2. The third kappa shape index (κ3) is 6.31. The summed E-state index contributed by atoms with van der Waals surface area (Å²) in [4.78, 5) is 24.3. The Bertz CT molecular complexity index is 1110. The zero-order valence-corrected chi connectivity index (χ0v) is 20.8.